The van der Waals surface area contributed by atoms with Crippen LogP contribution in [0.2, 0.25) is 0 Å². The van der Waals surface area contributed by atoms with Gasteiger partial charge < -0.3 is 15.4 Å². The molecule has 0 fully saturated rings. The van der Waals surface area contributed by atoms with Crippen LogP contribution in [0.25, 0.3) is 0 Å². The molecule has 3 aromatic rings. The minimum Gasteiger partial charge on any atom is -0.489 e. The Kier molecular flexibility index (Phi) is 6.01. The Hall–Kier alpha value is -3.67. The number of hydrogen-bond acceptors (Lipinski definition) is 3. The van der Waals surface area contributed by atoms with Crippen molar-refractivity contribution in [3.8, 4) is 5.75 Å². The number of hydrogen-bond donors (Lipinski definition) is 2. The van der Waals surface area contributed by atoms with E-state index in [9.17, 15) is 14.0 Å². The highest BCUT2D eigenvalue weighted by Gasteiger charge is 2.08. The van der Waals surface area contributed by atoms with Crippen LogP contribution in [0.4, 0.5) is 15.8 Å². The van der Waals surface area contributed by atoms with Gasteiger partial charge in [-0.05, 0) is 48.0 Å². The lowest BCUT2D eigenvalue weighted by Crippen LogP contribution is -2.13. The maximum Gasteiger partial charge on any atom is 0.255 e. The number of benzene rings is 3. The zero-order valence-corrected chi connectivity index (χ0v) is 15.2. The minimum absolute atomic E-state index is 0.205. The Labute approximate surface area is 162 Å². The van der Waals surface area contributed by atoms with Gasteiger partial charge in [0.25, 0.3) is 5.91 Å². The number of ether oxygens (including phenoxy) is 1. The lowest BCUT2D eigenvalue weighted by molar-refractivity contribution is -0.114. The number of anilines is 2. The van der Waals surface area contributed by atoms with Gasteiger partial charge in [-0.1, -0.05) is 24.3 Å². The van der Waals surface area contributed by atoms with Crippen LogP contribution in [0.1, 0.15) is 22.8 Å². The Morgan fingerprint density at radius 2 is 1.61 bits per heavy atom. The molecule has 28 heavy (non-hydrogen) atoms. The minimum atomic E-state index is -0.361. The Balaban J connectivity index is 1.65. The number of halogens is 1. The van der Waals surface area contributed by atoms with Crippen molar-refractivity contribution in [2.45, 2.75) is 13.5 Å². The molecule has 0 saturated carbocycles. The highest BCUT2D eigenvalue weighted by molar-refractivity contribution is 6.05. The van der Waals surface area contributed by atoms with Crippen molar-refractivity contribution in [1.29, 1.82) is 0 Å². The largest absolute Gasteiger partial charge is 0.489 e. The van der Waals surface area contributed by atoms with Gasteiger partial charge in [-0.3, -0.25) is 9.59 Å². The van der Waals surface area contributed by atoms with Gasteiger partial charge in [0, 0.05) is 29.9 Å². The van der Waals surface area contributed by atoms with Gasteiger partial charge in [-0.25, -0.2) is 4.39 Å². The SMILES string of the molecule is CC(=O)Nc1cccc(C(=O)Nc2cccc(COc3cccc(F)c3)c2)c1. The van der Waals surface area contributed by atoms with E-state index in [1.54, 1.807) is 54.6 Å². The van der Waals surface area contributed by atoms with Gasteiger partial charge in [-0.15, -0.1) is 0 Å². The molecular formula is C22H19FN2O3. The van der Waals surface area contributed by atoms with Gasteiger partial charge in [0.05, 0.1) is 0 Å². The van der Waals surface area contributed by atoms with Gasteiger partial charge in [0.1, 0.15) is 18.2 Å². The number of rotatable bonds is 6. The second-order valence-corrected chi connectivity index (χ2v) is 6.16. The third-order valence-corrected chi connectivity index (χ3v) is 3.83. The zero-order valence-electron chi connectivity index (χ0n) is 15.2. The fourth-order valence-corrected chi connectivity index (χ4v) is 2.61. The number of amides is 2. The normalized spacial score (nSPS) is 10.2. The predicted octanol–water partition coefficient (Wildman–Crippen LogP) is 4.62. The van der Waals surface area contributed by atoms with Crippen LogP contribution < -0.4 is 15.4 Å². The average molecular weight is 378 g/mol. The van der Waals surface area contributed by atoms with Crippen molar-refractivity contribution in [3.05, 3.63) is 89.7 Å². The van der Waals surface area contributed by atoms with E-state index >= 15 is 0 Å². The van der Waals surface area contributed by atoms with Crippen LogP contribution in [0.3, 0.4) is 0 Å². The molecule has 0 unspecified atom stereocenters. The molecule has 0 aliphatic heterocycles. The summed E-state index contributed by atoms with van der Waals surface area (Å²) in [6.07, 6.45) is 0. The molecule has 142 valence electrons. The van der Waals surface area contributed by atoms with Crippen molar-refractivity contribution in [1.82, 2.24) is 0 Å². The van der Waals surface area contributed by atoms with Crippen molar-refractivity contribution in [3.63, 3.8) is 0 Å². The third-order valence-electron chi connectivity index (χ3n) is 3.83. The summed E-state index contributed by atoms with van der Waals surface area (Å²) in [6.45, 7) is 1.65. The monoisotopic (exact) mass is 378 g/mol. The number of nitrogens with one attached hydrogen (secondary N) is 2. The summed E-state index contributed by atoms with van der Waals surface area (Å²) in [6, 6.07) is 19.8. The van der Waals surface area contributed by atoms with Crippen LogP contribution >= 0.6 is 0 Å². The molecule has 0 radical (unpaired) electrons. The second kappa shape index (κ2) is 8.81. The van der Waals surface area contributed by atoms with Crippen LogP contribution in [0.5, 0.6) is 5.75 Å². The van der Waals surface area contributed by atoms with E-state index in [-0.39, 0.29) is 24.2 Å². The molecule has 3 aromatic carbocycles. The predicted molar refractivity (Wildman–Crippen MR) is 106 cm³/mol. The first-order chi connectivity index (χ1) is 13.5. The maximum atomic E-state index is 13.2. The van der Waals surface area contributed by atoms with Crippen LogP contribution in [0.15, 0.2) is 72.8 Å². The standard InChI is InChI=1S/C22H19FN2O3/c1-15(26)24-20-9-3-6-17(12-20)22(27)25-19-8-2-5-16(11-19)14-28-21-10-4-7-18(23)13-21/h2-13H,14H2,1H3,(H,24,26)(H,25,27). The molecule has 0 aliphatic rings. The van der Waals surface area contributed by atoms with Gasteiger partial charge in [-0.2, -0.15) is 0 Å². The molecule has 0 bridgehead atoms. The fourth-order valence-electron chi connectivity index (χ4n) is 2.61. The molecule has 0 saturated heterocycles. The zero-order chi connectivity index (χ0) is 19.9. The first-order valence-corrected chi connectivity index (χ1v) is 8.66. The summed E-state index contributed by atoms with van der Waals surface area (Å²) < 4.78 is 18.8. The van der Waals surface area contributed by atoms with E-state index in [1.807, 2.05) is 6.07 Å². The van der Waals surface area contributed by atoms with Gasteiger partial charge >= 0.3 is 0 Å². The molecule has 0 atom stereocenters. The average Bonchev–Trinajstić information content (AvgIpc) is 2.66. The molecule has 3 rings (SSSR count). The lowest BCUT2D eigenvalue weighted by atomic mass is 10.1. The number of carbonyl (C=O) groups is 2. The topological polar surface area (TPSA) is 67.4 Å². The van der Waals surface area contributed by atoms with E-state index in [0.29, 0.717) is 22.7 Å². The first kappa shape index (κ1) is 19.1. The van der Waals surface area contributed by atoms with Crippen molar-refractivity contribution in [2.75, 3.05) is 10.6 Å². The van der Waals surface area contributed by atoms with Gasteiger partial charge in [0.2, 0.25) is 5.91 Å². The summed E-state index contributed by atoms with van der Waals surface area (Å²) in [5.41, 5.74) is 2.41. The molecule has 0 spiro atoms. The molecule has 2 amide bonds. The lowest BCUT2D eigenvalue weighted by Gasteiger charge is -2.10. The second-order valence-electron chi connectivity index (χ2n) is 6.16. The summed E-state index contributed by atoms with van der Waals surface area (Å²) in [5, 5.41) is 5.47. The molecule has 5 nitrogen and oxygen atoms in total. The highest BCUT2D eigenvalue weighted by Crippen LogP contribution is 2.18. The maximum absolute atomic E-state index is 13.2. The van der Waals surface area contributed by atoms with Crippen LogP contribution in [-0.2, 0) is 11.4 Å². The molecule has 0 aromatic heterocycles. The Morgan fingerprint density at radius 1 is 0.893 bits per heavy atom. The van der Waals surface area contributed by atoms with Crippen molar-refractivity contribution in [2.24, 2.45) is 0 Å². The smallest absolute Gasteiger partial charge is 0.255 e. The summed E-state index contributed by atoms with van der Waals surface area (Å²) in [4.78, 5) is 23.6. The van der Waals surface area contributed by atoms with Crippen molar-refractivity contribution >= 4 is 23.2 Å². The summed E-state index contributed by atoms with van der Waals surface area (Å²) >= 11 is 0. The van der Waals surface area contributed by atoms with Crippen LogP contribution in [0, 0.1) is 5.82 Å². The summed E-state index contributed by atoms with van der Waals surface area (Å²) in [5.74, 6) is -0.428. The van der Waals surface area contributed by atoms with Gasteiger partial charge in [0.15, 0.2) is 0 Å². The Bertz CT molecular complexity index is 1000. The van der Waals surface area contributed by atoms with E-state index in [4.69, 9.17) is 4.74 Å². The quantitative estimate of drug-likeness (QED) is 0.658. The molecular weight excluding hydrogens is 359 g/mol. The Morgan fingerprint density at radius 3 is 2.36 bits per heavy atom. The molecule has 0 aliphatic carbocycles. The van der Waals surface area contributed by atoms with Crippen molar-refractivity contribution < 1.29 is 18.7 Å². The third kappa shape index (κ3) is 5.41. The molecule has 0 heterocycles. The first-order valence-electron chi connectivity index (χ1n) is 8.66. The summed E-state index contributed by atoms with van der Waals surface area (Å²) in [7, 11) is 0. The van der Waals surface area contributed by atoms with E-state index in [2.05, 4.69) is 10.6 Å². The van der Waals surface area contributed by atoms with E-state index < -0.39 is 0 Å². The molecule has 2 N–H and O–H groups in total. The van der Waals surface area contributed by atoms with Crippen LogP contribution in [-0.4, -0.2) is 11.8 Å². The van der Waals surface area contributed by atoms with E-state index in [0.717, 1.165) is 5.56 Å². The number of carbonyl (C=O) groups excluding carboxylic acids is 2. The molecule has 6 heteroatoms. The highest BCUT2D eigenvalue weighted by atomic mass is 19.1. The fraction of sp³-hybridized carbons (Fsp3) is 0.0909. The van der Waals surface area contributed by atoms with E-state index in [1.165, 1.54) is 19.1 Å².